The second-order valence-electron chi connectivity index (χ2n) is 10.9. The third kappa shape index (κ3) is 5.01. The van der Waals surface area contributed by atoms with Gasteiger partial charge < -0.3 is 19.0 Å². The number of aliphatic hydroxyl groups excluding tert-OH is 1. The number of furan rings is 1. The lowest BCUT2D eigenvalue weighted by Gasteiger charge is -2.24. The number of hydrogen-bond donors (Lipinski definition) is 1. The molecule has 1 aliphatic rings. The minimum atomic E-state index is -0.998. The lowest BCUT2D eigenvalue weighted by atomic mass is 9.95. The number of aliphatic hydroxyl groups is 1. The third-order valence-electron chi connectivity index (χ3n) is 7.85. The van der Waals surface area contributed by atoms with E-state index in [9.17, 15) is 14.7 Å². The van der Waals surface area contributed by atoms with Crippen molar-refractivity contribution >= 4 is 49.3 Å². The van der Waals surface area contributed by atoms with Crippen LogP contribution in [-0.2, 0) is 11.4 Å². The number of fused-ring (bicyclic) bond motifs is 2. The minimum absolute atomic E-state index is 0.0250. The van der Waals surface area contributed by atoms with Crippen LogP contribution in [0.25, 0.3) is 21.2 Å². The number of thiazole rings is 1. The van der Waals surface area contributed by atoms with Gasteiger partial charge in [-0.25, -0.2) is 4.98 Å². The average Bonchev–Trinajstić information content (AvgIpc) is 3.74. The number of para-hydroxylation sites is 1. The first-order chi connectivity index (χ1) is 21.8. The number of carbonyl (C=O) groups is 2. The number of benzene rings is 4. The quantitative estimate of drug-likeness (QED) is 0.173. The number of Topliss-reactive ketones (excluding diaryl/α,β-unsaturated/α-hetero) is 1. The van der Waals surface area contributed by atoms with Crippen LogP contribution in [0.4, 0.5) is 5.13 Å². The molecule has 0 saturated heterocycles. The molecule has 8 nitrogen and oxygen atoms in total. The van der Waals surface area contributed by atoms with Gasteiger partial charge in [0.2, 0.25) is 5.78 Å². The lowest BCUT2D eigenvalue weighted by molar-refractivity contribution is -0.117. The molecule has 0 saturated carbocycles. The predicted molar refractivity (Wildman–Crippen MR) is 173 cm³/mol. The zero-order chi connectivity index (χ0) is 31.2. The molecule has 0 aliphatic carbocycles. The van der Waals surface area contributed by atoms with Gasteiger partial charge in [-0.1, -0.05) is 72.0 Å². The Bertz CT molecular complexity index is 2150. The normalized spacial score (nSPS) is 15.0. The fourth-order valence-electron chi connectivity index (χ4n) is 5.77. The Morgan fingerprint density at radius 2 is 1.80 bits per heavy atom. The molecule has 1 amide bonds. The molecule has 0 fully saturated rings. The molecular weight excluding hydrogens is 588 g/mol. The lowest BCUT2D eigenvalue weighted by Crippen LogP contribution is -2.31. The van der Waals surface area contributed by atoms with Crippen molar-refractivity contribution in [3.05, 3.63) is 130 Å². The van der Waals surface area contributed by atoms with Crippen molar-refractivity contribution < 1.29 is 28.6 Å². The molecule has 1 atom stereocenters. The molecule has 0 radical (unpaired) electrons. The molecule has 4 aromatic carbocycles. The van der Waals surface area contributed by atoms with Crippen LogP contribution >= 0.6 is 11.3 Å². The second kappa shape index (κ2) is 11.3. The van der Waals surface area contributed by atoms with E-state index in [1.165, 1.54) is 23.3 Å². The van der Waals surface area contributed by atoms with E-state index in [0.717, 1.165) is 26.9 Å². The van der Waals surface area contributed by atoms with Crippen molar-refractivity contribution in [1.29, 1.82) is 0 Å². The van der Waals surface area contributed by atoms with Crippen molar-refractivity contribution in [2.75, 3.05) is 12.0 Å². The van der Waals surface area contributed by atoms with E-state index in [1.807, 2.05) is 62.4 Å². The van der Waals surface area contributed by atoms with Gasteiger partial charge in [-0.05, 0) is 66.4 Å². The maximum Gasteiger partial charge on any atom is 0.296 e. The summed E-state index contributed by atoms with van der Waals surface area (Å²) in [7, 11) is 1.52. The highest BCUT2D eigenvalue weighted by atomic mass is 32.1. The summed E-state index contributed by atoms with van der Waals surface area (Å²) in [5, 5.41) is 12.4. The summed E-state index contributed by atoms with van der Waals surface area (Å²) in [6.45, 7) is 4.31. The number of nitrogens with zero attached hydrogens (tertiary/aromatic N) is 2. The molecule has 9 heteroatoms. The van der Waals surface area contributed by atoms with Crippen molar-refractivity contribution in [1.82, 2.24) is 4.98 Å². The summed E-state index contributed by atoms with van der Waals surface area (Å²) in [6.07, 6.45) is 0. The Morgan fingerprint density at radius 3 is 2.60 bits per heavy atom. The first kappa shape index (κ1) is 28.4. The third-order valence-corrected chi connectivity index (χ3v) is 8.85. The highest BCUT2D eigenvalue weighted by Gasteiger charge is 2.47. The highest BCUT2D eigenvalue weighted by molar-refractivity contribution is 7.22. The van der Waals surface area contributed by atoms with Gasteiger partial charge in [0, 0.05) is 5.39 Å². The molecule has 45 heavy (non-hydrogen) atoms. The van der Waals surface area contributed by atoms with Crippen LogP contribution in [0, 0.1) is 13.8 Å². The molecule has 224 valence electrons. The van der Waals surface area contributed by atoms with Gasteiger partial charge in [0.15, 0.2) is 28.0 Å². The van der Waals surface area contributed by atoms with Gasteiger partial charge in [-0.3, -0.25) is 14.5 Å². The fraction of sp³-hybridized carbons (Fsp3) is 0.139. The van der Waals surface area contributed by atoms with Crippen LogP contribution in [0.1, 0.15) is 38.9 Å². The zero-order valence-electron chi connectivity index (χ0n) is 24.7. The van der Waals surface area contributed by atoms with E-state index in [0.29, 0.717) is 39.8 Å². The van der Waals surface area contributed by atoms with Crippen LogP contribution in [0.2, 0.25) is 0 Å². The molecule has 2 aromatic heterocycles. The molecule has 0 bridgehead atoms. The van der Waals surface area contributed by atoms with Gasteiger partial charge in [0.1, 0.15) is 12.4 Å². The molecule has 1 N–H and O–H groups in total. The van der Waals surface area contributed by atoms with Crippen LogP contribution < -0.4 is 14.4 Å². The van der Waals surface area contributed by atoms with Crippen molar-refractivity contribution in [2.24, 2.45) is 0 Å². The first-order valence-electron chi connectivity index (χ1n) is 14.3. The number of carbonyl (C=O) groups excluding carboxylic acids is 2. The minimum Gasteiger partial charge on any atom is -0.503 e. The Labute approximate surface area is 262 Å². The summed E-state index contributed by atoms with van der Waals surface area (Å²) >= 11 is 1.33. The van der Waals surface area contributed by atoms with Crippen molar-refractivity contribution in [2.45, 2.75) is 26.5 Å². The van der Waals surface area contributed by atoms with Gasteiger partial charge in [-0.15, -0.1) is 0 Å². The maximum atomic E-state index is 14.2. The molecular formula is C36H28N2O6S. The molecule has 1 aliphatic heterocycles. The van der Waals surface area contributed by atoms with Gasteiger partial charge in [-0.2, -0.15) is 0 Å². The van der Waals surface area contributed by atoms with Crippen LogP contribution in [0.3, 0.4) is 0 Å². The molecule has 7 rings (SSSR count). The van der Waals surface area contributed by atoms with E-state index >= 15 is 0 Å². The number of amides is 1. The monoisotopic (exact) mass is 616 g/mol. The van der Waals surface area contributed by atoms with Crippen molar-refractivity contribution in [3.8, 4) is 11.5 Å². The zero-order valence-corrected chi connectivity index (χ0v) is 25.6. The molecule has 6 aromatic rings. The fourth-order valence-corrected chi connectivity index (χ4v) is 6.94. The summed E-state index contributed by atoms with van der Waals surface area (Å²) in [5.41, 5.74) is 4.66. The Hall–Kier alpha value is -5.41. The second-order valence-corrected chi connectivity index (χ2v) is 11.9. The number of hydrogen-bond acceptors (Lipinski definition) is 8. The number of aromatic nitrogens is 1. The van der Waals surface area contributed by atoms with Gasteiger partial charge in [0.25, 0.3) is 5.91 Å². The summed E-state index contributed by atoms with van der Waals surface area (Å²) < 4.78 is 18.4. The van der Waals surface area contributed by atoms with E-state index < -0.39 is 23.5 Å². The van der Waals surface area contributed by atoms with Gasteiger partial charge in [0.05, 0.1) is 28.9 Å². The molecule has 0 spiro atoms. The highest BCUT2D eigenvalue weighted by Crippen LogP contribution is 2.45. The topological polar surface area (TPSA) is 102 Å². The molecule has 1 unspecified atom stereocenters. The van der Waals surface area contributed by atoms with E-state index in [-0.39, 0.29) is 11.3 Å². The largest absolute Gasteiger partial charge is 0.503 e. The van der Waals surface area contributed by atoms with E-state index in [4.69, 9.17) is 18.9 Å². The summed E-state index contributed by atoms with van der Waals surface area (Å²) in [5.74, 6) is -1.00. The van der Waals surface area contributed by atoms with Gasteiger partial charge >= 0.3 is 0 Å². The Morgan fingerprint density at radius 1 is 1.00 bits per heavy atom. The summed E-state index contributed by atoms with van der Waals surface area (Å²) in [4.78, 5) is 34.3. The SMILES string of the molecule is COc1cccc2cc(C(=O)C3=C(O)C(=O)N(c4nc5c(C)cc(C)cc5s4)C3c3cccc(OCc4ccccc4)c3)oc12. The number of rotatable bonds is 8. The Balaban J connectivity index is 1.34. The maximum absolute atomic E-state index is 14.2. The van der Waals surface area contributed by atoms with E-state index in [2.05, 4.69) is 0 Å². The van der Waals surface area contributed by atoms with Crippen LogP contribution in [-0.4, -0.2) is 28.9 Å². The first-order valence-corrected chi connectivity index (χ1v) is 15.2. The predicted octanol–water partition coefficient (Wildman–Crippen LogP) is 8.03. The van der Waals surface area contributed by atoms with Crippen molar-refractivity contribution in [3.63, 3.8) is 0 Å². The van der Waals surface area contributed by atoms with Crippen LogP contribution in [0.5, 0.6) is 11.5 Å². The molecule has 3 heterocycles. The Kier molecular flexibility index (Phi) is 7.10. The number of anilines is 1. The number of aryl methyl sites for hydroxylation is 2. The number of methoxy groups -OCH3 is 1. The van der Waals surface area contributed by atoms with Crippen LogP contribution in [0.15, 0.2) is 107 Å². The number of ether oxygens (including phenoxy) is 2. The van der Waals surface area contributed by atoms with E-state index in [1.54, 1.807) is 42.5 Å². The summed E-state index contributed by atoms with van der Waals surface area (Å²) in [6, 6.07) is 26.9. The number of ketones is 1. The smallest absolute Gasteiger partial charge is 0.296 e. The standard InChI is InChI=1S/C36H28N2O6S/c1-20-15-21(2)30-28(16-20)45-36(37-30)38-31(23-11-7-13-25(17-23)43-19-22-9-5-4-6-10-22)29(33(40)35(38)41)32(39)27-18-24-12-8-14-26(42-3)34(24)44-27/h4-18,31,40H,19H2,1-3H3. The average molecular weight is 617 g/mol.